The predicted octanol–water partition coefficient (Wildman–Crippen LogP) is 3.66. The third-order valence-electron chi connectivity index (χ3n) is 8.13. The maximum atomic E-state index is 14.6. The quantitative estimate of drug-likeness (QED) is 0.370. The van der Waals surface area contributed by atoms with Crippen molar-refractivity contribution in [3.63, 3.8) is 0 Å². The van der Waals surface area contributed by atoms with E-state index in [9.17, 15) is 19.5 Å². The number of carbonyl (C=O) groups is 3. The normalized spacial score (nSPS) is 28.8. The first-order valence-electron chi connectivity index (χ1n) is 13.0. The first kappa shape index (κ1) is 27.5. The lowest BCUT2D eigenvalue weighted by Gasteiger charge is -2.41. The lowest BCUT2D eigenvalue weighted by molar-refractivity contribution is -0.153. The predicted molar refractivity (Wildman–Crippen MR) is 146 cm³/mol. The number of aliphatic hydroxyl groups excluding tert-OH is 1. The Labute approximate surface area is 223 Å². The van der Waals surface area contributed by atoms with Gasteiger partial charge >= 0.3 is 5.97 Å². The number of likely N-dealkylation sites (tertiary alicyclic amines) is 1. The number of ether oxygens (including phenoxy) is 1. The number of hydrogen-bond donors (Lipinski definition) is 1. The Hall–Kier alpha value is -2.58. The van der Waals surface area contributed by atoms with Crippen molar-refractivity contribution in [3.8, 4) is 0 Å². The number of nitrogens with zero attached hydrogens (tertiary/aromatic N) is 2. The summed E-state index contributed by atoms with van der Waals surface area (Å²) < 4.78 is 4.68. The Morgan fingerprint density at radius 2 is 2.03 bits per heavy atom. The number of amides is 2. The third-order valence-corrected chi connectivity index (χ3v) is 10.1. The van der Waals surface area contributed by atoms with E-state index in [0.29, 0.717) is 6.42 Å². The number of hydrogen-bond acceptors (Lipinski definition) is 6. The third kappa shape index (κ3) is 4.42. The van der Waals surface area contributed by atoms with Gasteiger partial charge in [0.05, 0.1) is 29.2 Å². The molecule has 2 bridgehead atoms. The van der Waals surface area contributed by atoms with Crippen LogP contribution in [-0.2, 0) is 19.1 Å². The van der Waals surface area contributed by atoms with Crippen LogP contribution in [0.25, 0.3) is 0 Å². The summed E-state index contributed by atoms with van der Waals surface area (Å²) in [5.41, 5.74) is 2.75. The van der Waals surface area contributed by atoms with Crippen LogP contribution in [0.3, 0.4) is 0 Å². The molecule has 0 saturated carbocycles. The van der Waals surface area contributed by atoms with Gasteiger partial charge < -0.3 is 19.6 Å². The van der Waals surface area contributed by atoms with E-state index in [1.807, 2.05) is 45.9 Å². The summed E-state index contributed by atoms with van der Waals surface area (Å²) in [6.45, 7) is 15.4. The number of aryl methyl sites for hydroxylation is 2. The number of rotatable bonds is 10. The molecular formula is C29H38N2O5S. The average Bonchev–Trinajstić information content (AvgIpc) is 3.50. The minimum Gasteiger partial charge on any atom is -0.461 e. The van der Waals surface area contributed by atoms with Crippen molar-refractivity contribution in [2.45, 2.75) is 62.6 Å². The minimum absolute atomic E-state index is 0.0797. The van der Waals surface area contributed by atoms with Crippen molar-refractivity contribution in [2.24, 2.45) is 17.8 Å². The molecule has 2 unspecified atom stereocenters. The standard InChI is InChI=1S/C29H38N2O5S/c1-7-13-30(20-15-18(5)9-10-19(20)6)27(34)25-29-12-11-22(37-29)23(28(35)36-14-8-2)24(29)26(33)31(25)21(16-32)17(3)4/h7-10,15,17,21-25,32H,1-2,11-14,16H2,3-6H3/t21-,22+,23-,24-,25?,29?/m0/s1. The van der Waals surface area contributed by atoms with Crippen LogP contribution in [0.15, 0.2) is 43.5 Å². The van der Waals surface area contributed by atoms with E-state index in [4.69, 9.17) is 4.74 Å². The molecule has 37 heavy (non-hydrogen) atoms. The monoisotopic (exact) mass is 526 g/mol. The largest absolute Gasteiger partial charge is 0.461 e. The van der Waals surface area contributed by atoms with Crippen LogP contribution in [0.2, 0.25) is 0 Å². The SMILES string of the molecule is C=CCOC(=O)[C@@H]1[C@H]2C(=O)N([C@@H](CO)C(C)C)C(C(=O)N(CC=C)c3cc(C)ccc3C)C23CC[C@H]1S3. The van der Waals surface area contributed by atoms with Crippen molar-refractivity contribution in [1.29, 1.82) is 0 Å². The second kappa shape index (κ2) is 10.7. The van der Waals surface area contributed by atoms with Crippen molar-refractivity contribution in [2.75, 3.05) is 24.7 Å². The number of benzene rings is 1. The molecule has 1 N–H and O–H groups in total. The summed E-state index contributed by atoms with van der Waals surface area (Å²) in [6, 6.07) is 4.61. The first-order chi connectivity index (χ1) is 17.6. The molecule has 1 spiro atoms. The Balaban J connectivity index is 1.84. The lowest BCUT2D eigenvalue weighted by Crippen LogP contribution is -2.58. The fourth-order valence-corrected chi connectivity index (χ4v) is 8.63. The average molecular weight is 527 g/mol. The molecule has 0 aliphatic carbocycles. The van der Waals surface area contributed by atoms with Gasteiger partial charge in [0.25, 0.3) is 5.91 Å². The molecule has 3 saturated heterocycles. The molecule has 0 radical (unpaired) electrons. The molecular weight excluding hydrogens is 488 g/mol. The summed E-state index contributed by atoms with van der Waals surface area (Å²) >= 11 is 1.60. The van der Waals surface area contributed by atoms with E-state index in [1.165, 1.54) is 6.08 Å². The topological polar surface area (TPSA) is 87.1 Å². The molecule has 1 aromatic carbocycles. The fraction of sp³-hybridized carbons (Fsp3) is 0.552. The summed E-state index contributed by atoms with van der Waals surface area (Å²) in [7, 11) is 0. The number of aliphatic hydroxyl groups is 1. The summed E-state index contributed by atoms with van der Waals surface area (Å²) in [5, 5.41) is 10.3. The van der Waals surface area contributed by atoms with Crippen LogP contribution in [0.5, 0.6) is 0 Å². The molecule has 200 valence electrons. The summed E-state index contributed by atoms with van der Waals surface area (Å²) in [4.78, 5) is 45.3. The van der Waals surface area contributed by atoms with Gasteiger partial charge in [0.15, 0.2) is 0 Å². The Kier molecular flexibility index (Phi) is 7.91. The van der Waals surface area contributed by atoms with Gasteiger partial charge in [-0.1, -0.05) is 44.7 Å². The second-order valence-corrected chi connectivity index (χ2v) is 12.3. The van der Waals surface area contributed by atoms with Crippen molar-refractivity contribution in [3.05, 3.63) is 54.6 Å². The Bertz CT molecular complexity index is 1100. The van der Waals surface area contributed by atoms with Crippen molar-refractivity contribution < 1.29 is 24.2 Å². The van der Waals surface area contributed by atoms with Crippen molar-refractivity contribution in [1.82, 2.24) is 4.90 Å². The van der Waals surface area contributed by atoms with Crippen LogP contribution >= 0.6 is 11.8 Å². The van der Waals surface area contributed by atoms with E-state index < -0.39 is 34.6 Å². The van der Waals surface area contributed by atoms with Gasteiger partial charge in [0.1, 0.15) is 12.6 Å². The Morgan fingerprint density at radius 3 is 2.65 bits per heavy atom. The zero-order valence-electron chi connectivity index (χ0n) is 22.2. The van der Waals surface area contributed by atoms with Crippen LogP contribution in [-0.4, -0.2) is 69.6 Å². The first-order valence-corrected chi connectivity index (χ1v) is 13.9. The number of esters is 1. The number of anilines is 1. The van der Waals surface area contributed by atoms with Gasteiger partial charge in [0, 0.05) is 17.5 Å². The van der Waals surface area contributed by atoms with E-state index >= 15 is 0 Å². The molecule has 0 aromatic heterocycles. The zero-order chi connectivity index (χ0) is 27.1. The molecule has 6 atom stereocenters. The highest BCUT2D eigenvalue weighted by Gasteiger charge is 2.75. The highest BCUT2D eigenvalue weighted by Crippen LogP contribution is 2.67. The van der Waals surface area contributed by atoms with Crippen LogP contribution in [0.1, 0.15) is 37.8 Å². The highest BCUT2D eigenvalue weighted by atomic mass is 32.2. The molecule has 3 heterocycles. The van der Waals surface area contributed by atoms with E-state index in [2.05, 4.69) is 13.2 Å². The van der Waals surface area contributed by atoms with Crippen LogP contribution in [0.4, 0.5) is 5.69 Å². The molecule has 7 nitrogen and oxygen atoms in total. The van der Waals surface area contributed by atoms with E-state index in [1.54, 1.807) is 27.6 Å². The number of carbonyl (C=O) groups excluding carboxylic acids is 3. The molecule has 4 rings (SSSR count). The molecule has 2 amide bonds. The van der Waals surface area contributed by atoms with Gasteiger partial charge in [-0.25, -0.2) is 0 Å². The highest BCUT2D eigenvalue weighted by molar-refractivity contribution is 8.02. The molecule has 8 heteroatoms. The van der Waals surface area contributed by atoms with Gasteiger partial charge in [-0.15, -0.1) is 18.3 Å². The van der Waals surface area contributed by atoms with Gasteiger partial charge in [-0.3, -0.25) is 14.4 Å². The maximum absolute atomic E-state index is 14.6. The lowest BCUT2D eigenvalue weighted by atomic mass is 9.71. The van der Waals surface area contributed by atoms with Gasteiger partial charge in [-0.2, -0.15) is 0 Å². The number of thioether (sulfide) groups is 1. The number of fused-ring (bicyclic) bond motifs is 1. The van der Waals surface area contributed by atoms with Crippen LogP contribution in [0, 0.1) is 31.6 Å². The van der Waals surface area contributed by atoms with Crippen LogP contribution < -0.4 is 4.90 Å². The summed E-state index contributed by atoms with van der Waals surface area (Å²) in [5.74, 6) is -2.21. The smallest absolute Gasteiger partial charge is 0.311 e. The van der Waals surface area contributed by atoms with Gasteiger partial charge in [-0.05, 0) is 49.8 Å². The molecule has 1 aromatic rings. The van der Waals surface area contributed by atoms with Crippen molar-refractivity contribution >= 4 is 35.2 Å². The second-order valence-electron chi connectivity index (χ2n) is 10.7. The zero-order valence-corrected chi connectivity index (χ0v) is 23.0. The molecule has 3 fully saturated rings. The summed E-state index contributed by atoms with van der Waals surface area (Å²) in [6.07, 6.45) is 4.59. The molecule has 3 aliphatic heterocycles. The fourth-order valence-electron chi connectivity index (χ4n) is 6.45. The molecule has 3 aliphatic rings. The van der Waals surface area contributed by atoms with E-state index in [-0.39, 0.29) is 42.7 Å². The van der Waals surface area contributed by atoms with Gasteiger partial charge in [0.2, 0.25) is 5.91 Å². The van der Waals surface area contributed by atoms with E-state index in [0.717, 1.165) is 23.2 Å². The minimum atomic E-state index is -0.809. The maximum Gasteiger partial charge on any atom is 0.311 e. The Morgan fingerprint density at radius 1 is 1.30 bits per heavy atom.